The van der Waals surface area contributed by atoms with E-state index in [1.165, 1.54) is 6.92 Å². The highest BCUT2D eigenvalue weighted by molar-refractivity contribution is 5.94. The van der Waals surface area contributed by atoms with Crippen molar-refractivity contribution in [3.63, 3.8) is 0 Å². The molecule has 0 saturated carbocycles. The monoisotopic (exact) mass is 505 g/mol. The van der Waals surface area contributed by atoms with E-state index in [0.29, 0.717) is 19.4 Å². The maximum Gasteiger partial charge on any atom is 0.326 e. The number of aliphatic hydroxyl groups excluding tert-OH is 1. The Kier molecular flexibility index (Phi) is 14.8. The molecular formula is C20H35N5O10. The third kappa shape index (κ3) is 13.2. The van der Waals surface area contributed by atoms with Crippen molar-refractivity contribution in [2.75, 3.05) is 6.54 Å². The van der Waals surface area contributed by atoms with Gasteiger partial charge in [0.15, 0.2) is 0 Å². The third-order valence-electron chi connectivity index (χ3n) is 4.91. The number of rotatable bonds is 18. The van der Waals surface area contributed by atoms with Crippen LogP contribution < -0.4 is 27.4 Å². The Hall–Kier alpha value is -3.30. The number of hydrogen-bond acceptors (Lipinski definition) is 9. The number of amides is 3. The zero-order valence-electron chi connectivity index (χ0n) is 19.4. The van der Waals surface area contributed by atoms with Gasteiger partial charge in [-0.25, -0.2) is 4.79 Å². The van der Waals surface area contributed by atoms with Gasteiger partial charge in [0.1, 0.15) is 18.1 Å². The molecule has 0 aliphatic carbocycles. The molecule has 11 N–H and O–H groups in total. The lowest BCUT2D eigenvalue weighted by molar-refractivity contribution is -0.144. The molecule has 5 atom stereocenters. The minimum atomic E-state index is -1.62. The Morgan fingerprint density at radius 2 is 1.29 bits per heavy atom. The number of nitrogens with one attached hydrogen (secondary N) is 3. The summed E-state index contributed by atoms with van der Waals surface area (Å²) in [6.07, 6.45) is -1.99. The second-order valence-corrected chi connectivity index (χ2v) is 7.94. The van der Waals surface area contributed by atoms with Crippen LogP contribution in [0.1, 0.15) is 51.9 Å². The van der Waals surface area contributed by atoms with E-state index in [4.69, 9.17) is 21.7 Å². The predicted octanol–water partition coefficient (Wildman–Crippen LogP) is -2.91. The lowest BCUT2D eigenvalue weighted by atomic mass is 10.0. The number of aliphatic carboxylic acids is 3. The summed E-state index contributed by atoms with van der Waals surface area (Å²) in [7, 11) is 0. The van der Waals surface area contributed by atoms with Gasteiger partial charge in [-0.15, -0.1) is 0 Å². The van der Waals surface area contributed by atoms with E-state index in [1.807, 2.05) is 0 Å². The van der Waals surface area contributed by atoms with E-state index in [0.717, 1.165) is 0 Å². The van der Waals surface area contributed by atoms with Gasteiger partial charge < -0.3 is 47.8 Å². The fraction of sp³-hybridized carbons (Fsp3) is 0.700. The number of carbonyl (C=O) groups excluding carboxylic acids is 3. The predicted molar refractivity (Wildman–Crippen MR) is 120 cm³/mol. The molecule has 15 nitrogen and oxygen atoms in total. The van der Waals surface area contributed by atoms with E-state index >= 15 is 0 Å². The number of aliphatic hydroxyl groups is 1. The van der Waals surface area contributed by atoms with E-state index in [-0.39, 0.29) is 19.3 Å². The third-order valence-corrected chi connectivity index (χ3v) is 4.91. The average Bonchev–Trinajstić information content (AvgIpc) is 2.76. The Morgan fingerprint density at radius 1 is 0.743 bits per heavy atom. The van der Waals surface area contributed by atoms with E-state index in [1.54, 1.807) is 0 Å². The van der Waals surface area contributed by atoms with Gasteiger partial charge in [0, 0.05) is 12.8 Å². The summed E-state index contributed by atoms with van der Waals surface area (Å²) in [5.41, 5.74) is 11.1. The Bertz CT molecular complexity index is 761. The molecule has 0 rings (SSSR count). The van der Waals surface area contributed by atoms with Gasteiger partial charge in [0.25, 0.3) is 0 Å². The highest BCUT2D eigenvalue weighted by Gasteiger charge is 2.32. The Balaban J connectivity index is 5.41. The standard InChI is InChI=1S/C20H35N5O10/c1-10(26)16(19(33)24-13(20(34)35)6-8-15(29)30)25-18(32)12(4-2-3-9-21)23-17(31)11(22)5-7-14(27)28/h10-13,16,26H,2-9,21-22H2,1H3,(H,23,31)(H,24,33)(H,25,32)(H,27,28)(H,29,30)(H,34,35). The van der Waals surface area contributed by atoms with Gasteiger partial charge in [0.2, 0.25) is 17.7 Å². The second kappa shape index (κ2) is 16.3. The van der Waals surface area contributed by atoms with Crippen molar-refractivity contribution in [1.82, 2.24) is 16.0 Å². The van der Waals surface area contributed by atoms with Crippen LogP contribution in [0.4, 0.5) is 0 Å². The molecule has 0 radical (unpaired) electrons. The van der Waals surface area contributed by atoms with Crippen molar-refractivity contribution in [3.05, 3.63) is 0 Å². The smallest absolute Gasteiger partial charge is 0.326 e. The maximum atomic E-state index is 12.8. The molecular weight excluding hydrogens is 470 g/mol. The summed E-state index contributed by atoms with van der Waals surface area (Å²) >= 11 is 0. The first kappa shape index (κ1) is 31.7. The summed E-state index contributed by atoms with van der Waals surface area (Å²) in [6, 6.07) is -5.62. The molecule has 0 aliphatic heterocycles. The first-order valence-electron chi connectivity index (χ1n) is 11.0. The van der Waals surface area contributed by atoms with Crippen molar-refractivity contribution in [1.29, 1.82) is 0 Å². The Labute approximate surface area is 201 Å². The lowest BCUT2D eigenvalue weighted by Gasteiger charge is -2.26. The molecule has 0 bridgehead atoms. The highest BCUT2D eigenvalue weighted by Crippen LogP contribution is 2.06. The van der Waals surface area contributed by atoms with Gasteiger partial charge in [0.05, 0.1) is 12.1 Å². The Morgan fingerprint density at radius 3 is 1.77 bits per heavy atom. The van der Waals surface area contributed by atoms with Crippen LogP contribution in [0.2, 0.25) is 0 Å². The van der Waals surface area contributed by atoms with Crippen LogP contribution in [0.3, 0.4) is 0 Å². The molecule has 0 aliphatic rings. The molecule has 0 aromatic carbocycles. The summed E-state index contributed by atoms with van der Waals surface area (Å²) in [5, 5.41) is 43.4. The van der Waals surface area contributed by atoms with Crippen molar-refractivity contribution >= 4 is 35.6 Å². The molecule has 0 heterocycles. The molecule has 3 amide bonds. The fourth-order valence-corrected chi connectivity index (χ4v) is 2.90. The normalized spacial score (nSPS) is 15.1. The van der Waals surface area contributed by atoms with Gasteiger partial charge in [-0.3, -0.25) is 24.0 Å². The molecule has 0 aromatic heterocycles. The second-order valence-electron chi connectivity index (χ2n) is 7.94. The summed E-state index contributed by atoms with van der Waals surface area (Å²) < 4.78 is 0. The van der Waals surface area contributed by atoms with Crippen LogP contribution in [-0.2, 0) is 28.8 Å². The van der Waals surface area contributed by atoms with Gasteiger partial charge in [-0.1, -0.05) is 0 Å². The summed E-state index contributed by atoms with van der Waals surface area (Å²) in [4.78, 5) is 70.5. The van der Waals surface area contributed by atoms with E-state index < -0.39 is 78.7 Å². The van der Waals surface area contributed by atoms with Crippen molar-refractivity contribution in [3.8, 4) is 0 Å². The van der Waals surface area contributed by atoms with Gasteiger partial charge in [-0.05, 0) is 45.6 Å². The zero-order chi connectivity index (χ0) is 27.1. The van der Waals surface area contributed by atoms with Crippen LogP contribution in [0.15, 0.2) is 0 Å². The van der Waals surface area contributed by atoms with Crippen LogP contribution in [-0.4, -0.2) is 92.9 Å². The largest absolute Gasteiger partial charge is 0.481 e. The van der Waals surface area contributed by atoms with E-state index in [2.05, 4.69) is 16.0 Å². The molecule has 0 saturated heterocycles. The molecule has 0 fully saturated rings. The quantitative estimate of drug-likeness (QED) is 0.0848. The fourth-order valence-electron chi connectivity index (χ4n) is 2.90. The number of unbranched alkanes of at least 4 members (excludes halogenated alkanes) is 1. The molecule has 200 valence electrons. The number of carboxylic acids is 3. The summed E-state index contributed by atoms with van der Waals surface area (Å²) in [6.45, 7) is 1.48. The number of hydrogen-bond donors (Lipinski definition) is 9. The van der Waals surface area contributed by atoms with Crippen LogP contribution in [0, 0.1) is 0 Å². The van der Waals surface area contributed by atoms with Crippen LogP contribution in [0.5, 0.6) is 0 Å². The van der Waals surface area contributed by atoms with Crippen LogP contribution in [0.25, 0.3) is 0 Å². The average molecular weight is 506 g/mol. The highest BCUT2D eigenvalue weighted by atomic mass is 16.4. The molecule has 0 aromatic rings. The first-order valence-corrected chi connectivity index (χ1v) is 11.0. The van der Waals surface area contributed by atoms with Crippen molar-refractivity contribution in [2.24, 2.45) is 11.5 Å². The maximum absolute atomic E-state index is 12.8. The first-order chi connectivity index (χ1) is 16.3. The van der Waals surface area contributed by atoms with E-state index in [9.17, 15) is 39.0 Å². The number of nitrogens with two attached hydrogens (primary N) is 2. The minimum Gasteiger partial charge on any atom is -0.481 e. The molecule has 0 spiro atoms. The SMILES string of the molecule is CC(O)C(NC(=O)C(CCCCN)NC(=O)C(N)CCC(=O)O)C(=O)NC(CCC(=O)O)C(=O)O. The van der Waals surface area contributed by atoms with Gasteiger partial charge >= 0.3 is 17.9 Å². The molecule has 15 heteroatoms. The van der Waals surface area contributed by atoms with Crippen LogP contribution >= 0.6 is 0 Å². The number of carboxylic acid groups (broad SMARTS) is 3. The van der Waals surface area contributed by atoms with Crippen molar-refractivity contribution < 1.29 is 49.2 Å². The molecule has 35 heavy (non-hydrogen) atoms. The zero-order valence-corrected chi connectivity index (χ0v) is 19.4. The van der Waals surface area contributed by atoms with Gasteiger partial charge in [-0.2, -0.15) is 0 Å². The van der Waals surface area contributed by atoms with Crippen molar-refractivity contribution in [2.45, 2.75) is 82.1 Å². The summed E-state index contributed by atoms with van der Waals surface area (Å²) in [5.74, 6) is -6.67. The molecule has 5 unspecified atom stereocenters. The minimum absolute atomic E-state index is 0.0882. The topological polar surface area (TPSA) is 271 Å². The number of carbonyl (C=O) groups is 6. The lowest BCUT2D eigenvalue weighted by Crippen LogP contribution is -2.59.